The molecule has 0 radical (unpaired) electrons. The first kappa shape index (κ1) is 23.7. The van der Waals surface area contributed by atoms with Gasteiger partial charge in [0.1, 0.15) is 11.6 Å². The van der Waals surface area contributed by atoms with Crippen LogP contribution in [0.2, 0.25) is 0 Å². The third kappa shape index (κ3) is 3.93. The van der Waals surface area contributed by atoms with E-state index in [1.807, 2.05) is 30.3 Å². The number of nitrogens with one attached hydrogen (secondary N) is 1. The second-order valence-corrected chi connectivity index (χ2v) is 9.16. The average Bonchev–Trinajstić information content (AvgIpc) is 3.46. The molecule has 4 rings (SSSR count). The molecule has 2 bridgehead atoms. The lowest BCUT2D eigenvalue weighted by Gasteiger charge is -2.36. The van der Waals surface area contributed by atoms with Gasteiger partial charge >= 0.3 is 5.97 Å². The smallest absolute Gasteiger partial charge is 0.312 e. The third-order valence-electron chi connectivity index (χ3n) is 7.32. The lowest BCUT2D eigenvalue weighted by molar-refractivity contribution is -0.155. The number of amides is 2. The van der Waals surface area contributed by atoms with Crippen LogP contribution in [0.15, 0.2) is 30.3 Å². The maximum Gasteiger partial charge on any atom is 0.312 e. The van der Waals surface area contributed by atoms with E-state index in [1.165, 1.54) is 4.90 Å². The highest BCUT2D eigenvalue weighted by Gasteiger charge is 2.75. The fourth-order valence-corrected chi connectivity index (χ4v) is 5.95. The van der Waals surface area contributed by atoms with E-state index in [1.54, 1.807) is 6.92 Å². The summed E-state index contributed by atoms with van der Waals surface area (Å²) in [5.41, 5.74) is -0.355. The molecule has 1 spiro atoms. The van der Waals surface area contributed by atoms with E-state index in [0.29, 0.717) is 19.4 Å². The molecular formula is C25H34N2O6. The summed E-state index contributed by atoms with van der Waals surface area (Å²) in [7, 11) is 0. The van der Waals surface area contributed by atoms with E-state index in [4.69, 9.17) is 9.47 Å². The second-order valence-electron chi connectivity index (χ2n) is 9.16. The predicted molar refractivity (Wildman–Crippen MR) is 120 cm³/mol. The van der Waals surface area contributed by atoms with Crippen LogP contribution in [0.3, 0.4) is 0 Å². The first-order chi connectivity index (χ1) is 16.0. The van der Waals surface area contributed by atoms with Gasteiger partial charge in [-0.25, -0.2) is 0 Å². The monoisotopic (exact) mass is 458 g/mol. The zero-order valence-corrected chi connectivity index (χ0v) is 19.4. The van der Waals surface area contributed by atoms with E-state index < -0.39 is 41.6 Å². The van der Waals surface area contributed by atoms with Crippen molar-refractivity contribution in [2.45, 2.75) is 69.7 Å². The summed E-state index contributed by atoms with van der Waals surface area (Å²) in [4.78, 5) is 41.8. The number of fused-ring (bicyclic) bond motifs is 1. The van der Waals surface area contributed by atoms with Crippen LogP contribution in [0, 0.1) is 11.8 Å². The molecule has 2 N–H and O–H groups in total. The van der Waals surface area contributed by atoms with Crippen molar-refractivity contribution in [1.29, 1.82) is 0 Å². The van der Waals surface area contributed by atoms with Crippen molar-refractivity contribution in [2.24, 2.45) is 11.8 Å². The van der Waals surface area contributed by atoms with E-state index in [2.05, 4.69) is 12.2 Å². The molecule has 0 aromatic heterocycles. The first-order valence-corrected chi connectivity index (χ1v) is 12.1. The largest absolute Gasteiger partial charge is 0.466 e. The van der Waals surface area contributed by atoms with Crippen molar-refractivity contribution < 1.29 is 29.0 Å². The second kappa shape index (κ2) is 9.81. The highest BCUT2D eigenvalue weighted by molar-refractivity contribution is 5.98. The zero-order valence-electron chi connectivity index (χ0n) is 19.4. The Balaban J connectivity index is 1.72. The van der Waals surface area contributed by atoms with E-state index in [-0.39, 0.29) is 25.0 Å². The van der Waals surface area contributed by atoms with Gasteiger partial charge in [-0.05, 0) is 31.7 Å². The van der Waals surface area contributed by atoms with Gasteiger partial charge < -0.3 is 24.8 Å². The number of ether oxygens (including phenoxy) is 2. The van der Waals surface area contributed by atoms with E-state index in [0.717, 1.165) is 24.8 Å². The van der Waals surface area contributed by atoms with Gasteiger partial charge in [0.2, 0.25) is 11.8 Å². The Morgan fingerprint density at radius 2 is 2.03 bits per heavy atom. The third-order valence-corrected chi connectivity index (χ3v) is 7.32. The minimum atomic E-state index is -1.09. The molecule has 33 heavy (non-hydrogen) atoms. The number of aliphatic hydroxyl groups is 1. The topological polar surface area (TPSA) is 105 Å². The summed E-state index contributed by atoms with van der Waals surface area (Å²) in [6.07, 6.45) is 3.54. The molecule has 3 fully saturated rings. The van der Waals surface area contributed by atoms with Gasteiger partial charge in [0.15, 0.2) is 0 Å². The van der Waals surface area contributed by atoms with Crippen molar-refractivity contribution in [3.8, 4) is 0 Å². The maximum atomic E-state index is 13.9. The quantitative estimate of drug-likeness (QED) is 0.410. The number of likely N-dealkylation sites (tertiary alicyclic amines) is 1. The first-order valence-electron chi connectivity index (χ1n) is 12.1. The molecule has 3 aliphatic rings. The molecule has 1 aromatic carbocycles. The Morgan fingerprint density at radius 3 is 2.70 bits per heavy atom. The lowest BCUT2D eigenvalue weighted by Crippen LogP contribution is -2.56. The van der Waals surface area contributed by atoms with Crippen molar-refractivity contribution in [1.82, 2.24) is 10.2 Å². The Morgan fingerprint density at radius 1 is 1.27 bits per heavy atom. The highest BCUT2D eigenvalue weighted by Crippen LogP contribution is 2.59. The Hall–Kier alpha value is -2.45. The molecule has 3 aliphatic heterocycles. The van der Waals surface area contributed by atoms with Crippen LogP contribution in [-0.4, -0.2) is 65.3 Å². The van der Waals surface area contributed by atoms with Crippen LogP contribution < -0.4 is 5.32 Å². The zero-order chi connectivity index (χ0) is 23.6. The standard InChI is InChI=1S/C25H34N2O6/c1-3-5-9-14-26-22(29)21-25-13-12-18(33-25)19(24(31)32-4-2)20(25)23(30)27(21)17(15-28)16-10-7-6-8-11-16/h6-8,10-11,17-21,28H,3-5,9,12-15H2,1-2H3,(H,26,29)/t17-,18-,19+,20+,21?,25?/m1/s1. The summed E-state index contributed by atoms with van der Waals surface area (Å²) < 4.78 is 11.6. The number of unbranched alkanes of at least 4 members (excludes halogenated alkanes) is 2. The number of hydrogen-bond acceptors (Lipinski definition) is 6. The van der Waals surface area contributed by atoms with Crippen LogP contribution in [0.1, 0.15) is 57.6 Å². The molecule has 0 aliphatic carbocycles. The summed E-state index contributed by atoms with van der Waals surface area (Å²) in [6, 6.07) is 7.56. The van der Waals surface area contributed by atoms with Gasteiger partial charge in [0.25, 0.3) is 0 Å². The predicted octanol–water partition coefficient (Wildman–Crippen LogP) is 1.96. The van der Waals surface area contributed by atoms with Gasteiger partial charge in [-0.1, -0.05) is 50.1 Å². The van der Waals surface area contributed by atoms with Crippen molar-refractivity contribution in [2.75, 3.05) is 19.8 Å². The van der Waals surface area contributed by atoms with E-state index in [9.17, 15) is 19.5 Å². The maximum absolute atomic E-state index is 13.9. The SMILES string of the molecule is CCCCCNC(=O)C1N([C@H](CO)c2ccccc2)C(=O)[C@@H]2[C@@H](C(=O)OCC)[C@H]3CCC12O3. The fraction of sp³-hybridized carbons (Fsp3) is 0.640. The minimum absolute atomic E-state index is 0.213. The number of carbonyl (C=O) groups is 3. The van der Waals surface area contributed by atoms with Crippen LogP contribution in [-0.2, 0) is 23.9 Å². The molecule has 8 heteroatoms. The number of rotatable bonds is 10. The highest BCUT2D eigenvalue weighted by atomic mass is 16.6. The molecule has 3 heterocycles. The lowest BCUT2D eigenvalue weighted by atomic mass is 9.71. The van der Waals surface area contributed by atoms with Gasteiger partial charge in [-0.2, -0.15) is 0 Å². The summed E-state index contributed by atoms with van der Waals surface area (Å²) in [5.74, 6) is -2.60. The summed E-state index contributed by atoms with van der Waals surface area (Å²) in [6.45, 7) is 4.20. The van der Waals surface area contributed by atoms with Crippen molar-refractivity contribution in [3.63, 3.8) is 0 Å². The number of nitrogens with zero attached hydrogens (tertiary/aromatic N) is 1. The number of hydrogen-bond donors (Lipinski definition) is 2. The Kier molecular flexibility index (Phi) is 7.05. The summed E-state index contributed by atoms with van der Waals surface area (Å²) >= 11 is 0. The van der Waals surface area contributed by atoms with Crippen LogP contribution >= 0.6 is 0 Å². The minimum Gasteiger partial charge on any atom is -0.466 e. The normalized spacial score (nSPS) is 30.9. The molecular weight excluding hydrogens is 424 g/mol. The molecule has 1 aromatic rings. The fourth-order valence-electron chi connectivity index (χ4n) is 5.95. The molecule has 6 atom stereocenters. The molecule has 0 saturated carbocycles. The van der Waals surface area contributed by atoms with Crippen molar-refractivity contribution in [3.05, 3.63) is 35.9 Å². The van der Waals surface area contributed by atoms with Gasteiger partial charge in [0, 0.05) is 6.54 Å². The average molecular weight is 459 g/mol. The number of carbonyl (C=O) groups excluding carboxylic acids is 3. The van der Waals surface area contributed by atoms with Crippen LogP contribution in [0.4, 0.5) is 0 Å². The summed E-state index contributed by atoms with van der Waals surface area (Å²) in [5, 5.41) is 13.3. The molecule has 3 saturated heterocycles. The van der Waals surface area contributed by atoms with Gasteiger partial charge in [0.05, 0.1) is 37.2 Å². The van der Waals surface area contributed by atoms with Gasteiger partial charge in [-0.15, -0.1) is 0 Å². The molecule has 180 valence electrons. The van der Waals surface area contributed by atoms with Gasteiger partial charge in [-0.3, -0.25) is 14.4 Å². The number of benzene rings is 1. The van der Waals surface area contributed by atoms with Crippen LogP contribution in [0.25, 0.3) is 0 Å². The molecule has 2 unspecified atom stereocenters. The Labute approximate surface area is 194 Å². The van der Waals surface area contributed by atoms with Crippen LogP contribution in [0.5, 0.6) is 0 Å². The Bertz CT molecular complexity index is 877. The molecule has 2 amide bonds. The van der Waals surface area contributed by atoms with Crippen molar-refractivity contribution >= 4 is 17.8 Å². The number of aliphatic hydroxyl groups excluding tert-OH is 1. The molecule has 8 nitrogen and oxygen atoms in total. The number of esters is 1. The van der Waals surface area contributed by atoms with E-state index >= 15 is 0 Å².